The van der Waals surface area contributed by atoms with Crippen LogP contribution in [-0.2, 0) is 14.3 Å². The molecule has 7 heteroatoms. The summed E-state index contributed by atoms with van der Waals surface area (Å²) in [6.45, 7) is 9.00. The fraction of sp³-hybridized carbons (Fsp3) is 0.579. The summed E-state index contributed by atoms with van der Waals surface area (Å²) in [7, 11) is 1.67. The molecule has 1 rings (SSSR count). The lowest BCUT2D eigenvalue weighted by Crippen LogP contribution is -2.42. The second-order valence-electron chi connectivity index (χ2n) is 6.72. The second-order valence-corrected chi connectivity index (χ2v) is 6.72. The van der Waals surface area contributed by atoms with Gasteiger partial charge in [0.15, 0.2) is 5.96 Å². The van der Waals surface area contributed by atoms with Gasteiger partial charge in [-0.3, -0.25) is 9.79 Å². The van der Waals surface area contributed by atoms with Crippen LogP contribution in [0.3, 0.4) is 0 Å². The number of nitrogens with one attached hydrogen (secondary N) is 2. The predicted molar refractivity (Wildman–Crippen MR) is 116 cm³/mol. The number of halogens is 1. The minimum Gasteiger partial charge on any atom is -0.459 e. The molecule has 26 heavy (non-hydrogen) atoms. The highest BCUT2D eigenvalue weighted by Gasteiger charge is 2.16. The quantitative estimate of drug-likeness (QED) is 0.198. The maximum Gasteiger partial charge on any atom is 0.325 e. The van der Waals surface area contributed by atoms with Crippen LogP contribution in [0.4, 0.5) is 0 Å². The number of carbonyl (C=O) groups is 1. The number of esters is 1. The summed E-state index contributed by atoms with van der Waals surface area (Å²) in [6.07, 6.45) is 0.912. The fourth-order valence-corrected chi connectivity index (χ4v) is 2.11. The average molecular weight is 477 g/mol. The molecule has 6 nitrogen and oxygen atoms in total. The monoisotopic (exact) mass is 477 g/mol. The van der Waals surface area contributed by atoms with Crippen LogP contribution >= 0.6 is 24.0 Å². The molecule has 0 fully saturated rings. The van der Waals surface area contributed by atoms with Crippen molar-refractivity contribution in [3.05, 3.63) is 35.9 Å². The molecule has 1 aromatic carbocycles. The first-order chi connectivity index (χ1) is 11.8. The maximum absolute atomic E-state index is 11.7. The summed E-state index contributed by atoms with van der Waals surface area (Å²) in [5.74, 6) is 0.262. The topological polar surface area (TPSA) is 72.0 Å². The van der Waals surface area contributed by atoms with Crippen LogP contribution in [-0.4, -0.2) is 44.3 Å². The molecule has 2 N–H and O–H groups in total. The van der Waals surface area contributed by atoms with Crippen molar-refractivity contribution < 1.29 is 14.3 Å². The Labute approximate surface area is 174 Å². The summed E-state index contributed by atoms with van der Waals surface area (Å²) in [5, 5.41) is 6.09. The van der Waals surface area contributed by atoms with Gasteiger partial charge in [-0.15, -0.1) is 24.0 Å². The minimum atomic E-state index is -0.484. The Balaban J connectivity index is 0.00000625. The third-order valence-corrected chi connectivity index (χ3v) is 3.29. The first-order valence-corrected chi connectivity index (χ1v) is 8.64. The molecule has 0 radical (unpaired) electrons. The Morgan fingerprint density at radius 2 is 1.85 bits per heavy atom. The lowest BCUT2D eigenvalue weighted by Gasteiger charge is -2.20. The number of aliphatic imine (C=N–C) groups is 1. The highest BCUT2D eigenvalue weighted by atomic mass is 127. The van der Waals surface area contributed by atoms with E-state index in [1.165, 1.54) is 5.56 Å². The number of rotatable bonds is 8. The van der Waals surface area contributed by atoms with E-state index in [2.05, 4.69) is 27.8 Å². The van der Waals surface area contributed by atoms with Gasteiger partial charge in [-0.2, -0.15) is 0 Å². The van der Waals surface area contributed by atoms with E-state index < -0.39 is 5.60 Å². The van der Waals surface area contributed by atoms with E-state index in [9.17, 15) is 4.79 Å². The molecular formula is C19H32IN3O3. The predicted octanol–water partition coefficient (Wildman–Crippen LogP) is 3.28. The third kappa shape index (κ3) is 11.3. The van der Waals surface area contributed by atoms with Crippen LogP contribution < -0.4 is 10.6 Å². The summed E-state index contributed by atoms with van der Waals surface area (Å²) < 4.78 is 11.1. The number of hydrogen-bond donors (Lipinski definition) is 2. The molecule has 0 saturated heterocycles. The Kier molecular flexibility index (Phi) is 12.2. The van der Waals surface area contributed by atoms with E-state index in [1.54, 1.807) is 7.05 Å². The fourth-order valence-electron chi connectivity index (χ4n) is 2.11. The summed E-state index contributed by atoms with van der Waals surface area (Å²) in [5.41, 5.74) is 0.688. The van der Waals surface area contributed by atoms with Gasteiger partial charge in [-0.05, 0) is 39.7 Å². The first-order valence-electron chi connectivity index (χ1n) is 8.64. The number of ether oxygens (including phenoxy) is 2. The van der Waals surface area contributed by atoms with Crippen LogP contribution in [0.25, 0.3) is 0 Å². The van der Waals surface area contributed by atoms with E-state index in [0.29, 0.717) is 19.1 Å². The van der Waals surface area contributed by atoms with E-state index in [4.69, 9.17) is 9.47 Å². The number of benzene rings is 1. The number of carbonyl (C=O) groups excluding carboxylic acids is 1. The van der Waals surface area contributed by atoms with Gasteiger partial charge in [0.05, 0.1) is 6.10 Å². The third-order valence-electron chi connectivity index (χ3n) is 3.29. The van der Waals surface area contributed by atoms with E-state index in [1.807, 2.05) is 45.9 Å². The van der Waals surface area contributed by atoms with Crippen molar-refractivity contribution in [1.29, 1.82) is 0 Å². The number of hydrogen-bond acceptors (Lipinski definition) is 4. The van der Waals surface area contributed by atoms with E-state index in [0.717, 1.165) is 6.42 Å². The van der Waals surface area contributed by atoms with Crippen LogP contribution in [0.5, 0.6) is 0 Å². The standard InChI is InChI=1S/C19H31N3O3.HI/c1-15(16-10-7-6-8-11-16)24-13-9-12-21-18(20-5)22-14-17(23)25-19(2,3)4;/h6-8,10-11,15H,9,12-14H2,1-5H3,(H2,20,21,22);1H. The van der Waals surface area contributed by atoms with Gasteiger partial charge < -0.3 is 20.1 Å². The van der Waals surface area contributed by atoms with Gasteiger partial charge in [0.1, 0.15) is 12.1 Å². The van der Waals surface area contributed by atoms with Crippen LogP contribution in [0.15, 0.2) is 35.3 Å². The Hall–Kier alpha value is -1.35. The molecule has 0 heterocycles. The zero-order valence-corrected chi connectivity index (χ0v) is 18.7. The molecule has 0 spiro atoms. The van der Waals surface area contributed by atoms with E-state index in [-0.39, 0.29) is 42.6 Å². The lowest BCUT2D eigenvalue weighted by molar-refractivity contribution is -0.153. The Bertz CT molecular complexity index is 545. The summed E-state index contributed by atoms with van der Waals surface area (Å²) in [4.78, 5) is 15.8. The van der Waals surface area contributed by atoms with E-state index >= 15 is 0 Å². The second kappa shape index (κ2) is 12.9. The minimum absolute atomic E-state index is 0. The summed E-state index contributed by atoms with van der Waals surface area (Å²) in [6, 6.07) is 10.1. The SMILES string of the molecule is CN=C(NCCCOC(C)c1ccccc1)NCC(=O)OC(C)(C)C.I. The molecular weight excluding hydrogens is 445 g/mol. The van der Waals surface area contributed by atoms with Gasteiger partial charge in [0, 0.05) is 20.2 Å². The molecule has 0 saturated carbocycles. The molecule has 0 aliphatic heterocycles. The summed E-state index contributed by atoms with van der Waals surface area (Å²) >= 11 is 0. The normalized spacial score (nSPS) is 12.7. The zero-order valence-electron chi connectivity index (χ0n) is 16.4. The molecule has 0 aliphatic carbocycles. The number of nitrogens with zero attached hydrogens (tertiary/aromatic N) is 1. The molecule has 0 amide bonds. The van der Waals surface area contributed by atoms with Crippen molar-refractivity contribution in [2.24, 2.45) is 4.99 Å². The molecule has 1 aromatic rings. The van der Waals surface area contributed by atoms with Crippen molar-refractivity contribution in [2.75, 3.05) is 26.7 Å². The zero-order chi connectivity index (χ0) is 18.7. The van der Waals surface area contributed by atoms with Crippen molar-refractivity contribution in [1.82, 2.24) is 10.6 Å². The highest BCUT2D eigenvalue weighted by molar-refractivity contribution is 14.0. The molecule has 1 atom stereocenters. The Morgan fingerprint density at radius 1 is 1.19 bits per heavy atom. The number of guanidine groups is 1. The van der Waals surface area contributed by atoms with Crippen molar-refractivity contribution in [3.8, 4) is 0 Å². The van der Waals surface area contributed by atoms with Gasteiger partial charge in [0.2, 0.25) is 0 Å². The van der Waals surface area contributed by atoms with Crippen LogP contribution in [0, 0.1) is 0 Å². The Morgan fingerprint density at radius 3 is 2.42 bits per heavy atom. The van der Waals surface area contributed by atoms with Gasteiger partial charge in [-0.25, -0.2) is 0 Å². The van der Waals surface area contributed by atoms with Crippen molar-refractivity contribution >= 4 is 35.9 Å². The molecule has 1 unspecified atom stereocenters. The largest absolute Gasteiger partial charge is 0.459 e. The van der Waals surface area contributed by atoms with Crippen molar-refractivity contribution in [3.63, 3.8) is 0 Å². The molecule has 0 aliphatic rings. The maximum atomic E-state index is 11.7. The van der Waals surface area contributed by atoms with Crippen LogP contribution in [0.1, 0.15) is 45.8 Å². The lowest BCUT2D eigenvalue weighted by atomic mass is 10.1. The smallest absolute Gasteiger partial charge is 0.325 e. The van der Waals surface area contributed by atoms with Gasteiger partial charge >= 0.3 is 5.97 Å². The van der Waals surface area contributed by atoms with Gasteiger partial charge in [-0.1, -0.05) is 30.3 Å². The molecule has 0 aromatic heterocycles. The van der Waals surface area contributed by atoms with Gasteiger partial charge in [0.25, 0.3) is 0 Å². The first kappa shape index (κ1) is 24.7. The average Bonchev–Trinajstić information content (AvgIpc) is 2.56. The highest BCUT2D eigenvalue weighted by Crippen LogP contribution is 2.15. The van der Waals surface area contributed by atoms with Crippen LogP contribution in [0.2, 0.25) is 0 Å². The molecule has 148 valence electrons. The molecule has 0 bridgehead atoms. The van der Waals surface area contributed by atoms with Crippen molar-refractivity contribution in [2.45, 2.75) is 45.8 Å².